The Morgan fingerprint density at radius 2 is 1.78 bits per heavy atom. The number of carbonyl (C=O) groups is 1. The van der Waals surface area contributed by atoms with Gasteiger partial charge >= 0.3 is 0 Å². The molecular weight excluding hydrogens is 248 g/mol. The van der Waals surface area contributed by atoms with Gasteiger partial charge in [0.2, 0.25) is 5.91 Å². The van der Waals surface area contributed by atoms with Crippen molar-refractivity contribution in [3.8, 4) is 0 Å². The number of halogens is 1. The standard InChI is InChI=1S/C14H28N2O.ClH/c1-13(2,3)11-16-12(17)9-14(10-15)7-5-4-6-8-14;/h4-11,15H2,1-3H3,(H,16,17);1H. The van der Waals surface area contributed by atoms with E-state index >= 15 is 0 Å². The molecule has 0 spiro atoms. The molecule has 1 rings (SSSR count). The summed E-state index contributed by atoms with van der Waals surface area (Å²) in [7, 11) is 0. The van der Waals surface area contributed by atoms with Crippen LogP contribution in [0, 0.1) is 10.8 Å². The molecule has 0 aromatic carbocycles. The van der Waals surface area contributed by atoms with Gasteiger partial charge in [0.1, 0.15) is 0 Å². The Bertz CT molecular complexity index is 255. The Morgan fingerprint density at radius 1 is 1.22 bits per heavy atom. The third-order valence-corrected chi connectivity index (χ3v) is 3.70. The number of rotatable bonds is 4. The van der Waals surface area contributed by atoms with Crippen molar-refractivity contribution in [2.45, 2.75) is 59.3 Å². The minimum atomic E-state index is 0. The van der Waals surface area contributed by atoms with Crippen molar-refractivity contribution in [3.63, 3.8) is 0 Å². The summed E-state index contributed by atoms with van der Waals surface area (Å²) < 4.78 is 0. The molecule has 0 heterocycles. The molecule has 0 aromatic heterocycles. The van der Waals surface area contributed by atoms with Gasteiger partial charge in [0.15, 0.2) is 0 Å². The van der Waals surface area contributed by atoms with Crippen molar-refractivity contribution in [3.05, 3.63) is 0 Å². The van der Waals surface area contributed by atoms with Gasteiger partial charge in [0, 0.05) is 13.0 Å². The van der Waals surface area contributed by atoms with E-state index in [9.17, 15) is 4.79 Å². The highest BCUT2D eigenvalue weighted by Gasteiger charge is 2.33. The molecule has 1 saturated carbocycles. The van der Waals surface area contributed by atoms with Crippen LogP contribution in [0.5, 0.6) is 0 Å². The molecule has 4 heteroatoms. The monoisotopic (exact) mass is 276 g/mol. The SMILES string of the molecule is CC(C)(C)CNC(=O)CC1(CN)CCCCC1.Cl. The van der Waals surface area contributed by atoms with Gasteiger partial charge in [-0.3, -0.25) is 4.79 Å². The summed E-state index contributed by atoms with van der Waals surface area (Å²) >= 11 is 0. The molecule has 0 aliphatic heterocycles. The van der Waals surface area contributed by atoms with Crippen molar-refractivity contribution >= 4 is 18.3 Å². The Labute approximate surface area is 118 Å². The van der Waals surface area contributed by atoms with Crippen molar-refractivity contribution in [2.24, 2.45) is 16.6 Å². The predicted molar refractivity (Wildman–Crippen MR) is 78.9 cm³/mol. The molecule has 0 aromatic rings. The van der Waals surface area contributed by atoms with Gasteiger partial charge < -0.3 is 11.1 Å². The van der Waals surface area contributed by atoms with Crippen LogP contribution >= 0.6 is 12.4 Å². The van der Waals surface area contributed by atoms with Crippen LogP contribution in [0.4, 0.5) is 0 Å². The lowest BCUT2D eigenvalue weighted by molar-refractivity contribution is -0.124. The van der Waals surface area contributed by atoms with Crippen LogP contribution in [0.25, 0.3) is 0 Å². The molecule has 1 aliphatic rings. The average Bonchev–Trinajstić information content (AvgIpc) is 2.27. The van der Waals surface area contributed by atoms with Crippen LogP contribution in [0.15, 0.2) is 0 Å². The summed E-state index contributed by atoms with van der Waals surface area (Å²) in [5.41, 5.74) is 6.12. The molecule has 0 atom stereocenters. The molecule has 18 heavy (non-hydrogen) atoms. The van der Waals surface area contributed by atoms with E-state index in [1.807, 2.05) is 0 Å². The fraction of sp³-hybridized carbons (Fsp3) is 0.929. The minimum Gasteiger partial charge on any atom is -0.356 e. The quantitative estimate of drug-likeness (QED) is 0.830. The van der Waals surface area contributed by atoms with Gasteiger partial charge in [-0.2, -0.15) is 0 Å². The van der Waals surface area contributed by atoms with Crippen molar-refractivity contribution in [2.75, 3.05) is 13.1 Å². The summed E-state index contributed by atoms with van der Waals surface area (Å²) in [6, 6.07) is 0. The normalized spacial score (nSPS) is 18.9. The maximum absolute atomic E-state index is 12.0. The average molecular weight is 277 g/mol. The van der Waals surface area contributed by atoms with E-state index in [1.54, 1.807) is 0 Å². The molecule has 3 nitrogen and oxygen atoms in total. The van der Waals surface area contributed by atoms with Crippen LogP contribution < -0.4 is 11.1 Å². The van der Waals surface area contributed by atoms with E-state index in [0.29, 0.717) is 13.0 Å². The summed E-state index contributed by atoms with van der Waals surface area (Å²) in [6.07, 6.45) is 6.59. The lowest BCUT2D eigenvalue weighted by Gasteiger charge is -2.36. The minimum absolute atomic E-state index is 0. The molecule has 1 amide bonds. The number of nitrogens with one attached hydrogen (secondary N) is 1. The summed E-state index contributed by atoms with van der Waals surface area (Å²) in [5.74, 6) is 0.173. The Balaban J connectivity index is 0.00000289. The fourth-order valence-electron chi connectivity index (χ4n) is 2.52. The zero-order chi connectivity index (χ0) is 12.9. The van der Waals surface area contributed by atoms with E-state index in [2.05, 4.69) is 26.1 Å². The molecule has 1 aliphatic carbocycles. The lowest BCUT2D eigenvalue weighted by Crippen LogP contribution is -2.40. The molecule has 1 fully saturated rings. The van der Waals surface area contributed by atoms with Crippen LogP contribution in [-0.4, -0.2) is 19.0 Å². The van der Waals surface area contributed by atoms with E-state index in [0.717, 1.165) is 19.4 Å². The number of hydrogen-bond donors (Lipinski definition) is 2. The van der Waals surface area contributed by atoms with Crippen LogP contribution in [-0.2, 0) is 4.79 Å². The van der Waals surface area contributed by atoms with Crippen LogP contribution in [0.2, 0.25) is 0 Å². The predicted octanol–water partition coefficient (Wildman–Crippen LogP) is 2.87. The van der Waals surface area contributed by atoms with Gasteiger partial charge in [0.25, 0.3) is 0 Å². The smallest absolute Gasteiger partial charge is 0.220 e. The summed E-state index contributed by atoms with van der Waals surface area (Å²) in [6.45, 7) is 7.79. The molecule has 0 saturated heterocycles. The fourth-order valence-corrected chi connectivity index (χ4v) is 2.52. The first-order valence-electron chi connectivity index (χ1n) is 6.84. The van der Waals surface area contributed by atoms with Gasteiger partial charge in [-0.15, -0.1) is 12.4 Å². The van der Waals surface area contributed by atoms with Crippen molar-refractivity contribution in [1.29, 1.82) is 0 Å². The molecule has 3 N–H and O–H groups in total. The number of nitrogens with two attached hydrogens (primary N) is 1. The highest BCUT2D eigenvalue weighted by atomic mass is 35.5. The van der Waals surface area contributed by atoms with Gasteiger partial charge in [-0.25, -0.2) is 0 Å². The molecular formula is C14H29ClN2O. The lowest BCUT2D eigenvalue weighted by atomic mass is 9.71. The largest absolute Gasteiger partial charge is 0.356 e. The molecule has 0 bridgehead atoms. The summed E-state index contributed by atoms with van der Waals surface area (Å²) in [5, 5.41) is 3.03. The van der Waals surface area contributed by atoms with E-state index in [4.69, 9.17) is 5.73 Å². The van der Waals surface area contributed by atoms with E-state index in [1.165, 1.54) is 19.3 Å². The third kappa shape index (κ3) is 6.05. The van der Waals surface area contributed by atoms with Gasteiger partial charge in [0.05, 0.1) is 0 Å². The number of amides is 1. The third-order valence-electron chi connectivity index (χ3n) is 3.70. The van der Waals surface area contributed by atoms with E-state index < -0.39 is 0 Å². The molecule has 108 valence electrons. The molecule has 0 unspecified atom stereocenters. The molecule has 0 radical (unpaired) electrons. The first-order valence-corrected chi connectivity index (χ1v) is 6.84. The zero-order valence-corrected chi connectivity index (χ0v) is 12.9. The van der Waals surface area contributed by atoms with Crippen LogP contribution in [0.3, 0.4) is 0 Å². The highest BCUT2D eigenvalue weighted by molar-refractivity contribution is 5.85. The Kier molecular flexibility index (Phi) is 7.23. The second-order valence-electron chi connectivity index (χ2n) is 6.78. The topological polar surface area (TPSA) is 55.1 Å². The van der Waals surface area contributed by atoms with Crippen LogP contribution in [0.1, 0.15) is 59.3 Å². The van der Waals surface area contributed by atoms with Gasteiger partial charge in [-0.05, 0) is 30.2 Å². The number of carbonyl (C=O) groups excluding carboxylic acids is 1. The zero-order valence-electron chi connectivity index (χ0n) is 12.1. The van der Waals surface area contributed by atoms with Crippen molar-refractivity contribution in [1.82, 2.24) is 5.32 Å². The first-order chi connectivity index (χ1) is 7.87. The van der Waals surface area contributed by atoms with E-state index in [-0.39, 0.29) is 29.1 Å². The summed E-state index contributed by atoms with van der Waals surface area (Å²) in [4.78, 5) is 12.0. The highest BCUT2D eigenvalue weighted by Crippen LogP contribution is 2.38. The number of hydrogen-bond acceptors (Lipinski definition) is 2. The first kappa shape index (κ1) is 17.7. The second-order valence-corrected chi connectivity index (χ2v) is 6.78. The Morgan fingerprint density at radius 3 is 2.22 bits per heavy atom. The second kappa shape index (κ2) is 7.34. The van der Waals surface area contributed by atoms with Gasteiger partial charge in [-0.1, -0.05) is 40.0 Å². The maximum Gasteiger partial charge on any atom is 0.220 e. The van der Waals surface area contributed by atoms with Crippen molar-refractivity contribution < 1.29 is 4.79 Å². The Hall–Kier alpha value is -0.280. The maximum atomic E-state index is 12.0.